The highest BCUT2D eigenvalue weighted by Crippen LogP contribution is 2.24. The normalized spacial score (nSPS) is 14.1. The molecular formula is C19H20N2O7. The maximum atomic E-state index is 13.1. The molecule has 1 aromatic carbocycles. The van der Waals surface area contributed by atoms with Crippen LogP contribution in [0.4, 0.5) is 15.3 Å². The van der Waals surface area contributed by atoms with Crippen molar-refractivity contribution in [2.24, 2.45) is 0 Å². The van der Waals surface area contributed by atoms with Gasteiger partial charge in [0.2, 0.25) is 0 Å². The lowest BCUT2D eigenvalue weighted by molar-refractivity contribution is 0.0476. The lowest BCUT2D eigenvalue weighted by Crippen LogP contribution is -2.37. The van der Waals surface area contributed by atoms with Crippen LogP contribution < -0.4 is 10.5 Å². The molecule has 1 aliphatic rings. The Bertz CT molecular complexity index is 1030. The second-order valence-corrected chi connectivity index (χ2v) is 7.18. The number of carbonyl (C=O) groups excluding carboxylic acids is 3. The van der Waals surface area contributed by atoms with Crippen molar-refractivity contribution in [1.29, 1.82) is 0 Å². The first-order valence-electron chi connectivity index (χ1n) is 8.58. The van der Waals surface area contributed by atoms with Crippen LogP contribution >= 0.6 is 0 Å². The van der Waals surface area contributed by atoms with Crippen LogP contribution in [0.3, 0.4) is 0 Å². The molecule has 1 amide bonds. The fraction of sp³-hybridized carbons (Fsp3) is 0.368. The average molecular weight is 388 g/mol. The molecule has 1 saturated heterocycles. The predicted molar refractivity (Wildman–Crippen MR) is 99.9 cm³/mol. The maximum absolute atomic E-state index is 13.1. The lowest BCUT2D eigenvalue weighted by Gasteiger charge is -2.21. The van der Waals surface area contributed by atoms with E-state index in [0.717, 1.165) is 7.11 Å². The number of nitrogens with zero attached hydrogens (tertiary/aromatic N) is 2. The highest BCUT2D eigenvalue weighted by atomic mass is 16.6. The Balaban J connectivity index is 2.21. The molecule has 9 heteroatoms. The van der Waals surface area contributed by atoms with Gasteiger partial charge in [-0.2, -0.15) is 0 Å². The van der Waals surface area contributed by atoms with Crippen LogP contribution in [0.5, 0.6) is 0 Å². The molecule has 0 spiro atoms. The molecule has 0 radical (unpaired) electrons. The third-order valence-corrected chi connectivity index (χ3v) is 4.05. The van der Waals surface area contributed by atoms with Gasteiger partial charge in [0.1, 0.15) is 17.9 Å². The molecule has 2 heterocycles. The average Bonchev–Trinajstić information content (AvgIpc) is 3.05. The standard InChI is InChI=1S/C19H20N2O7/c1-19(2,3)28-18(25)21-14(16(23)26-4)9-11-5-6-12(10-13(11)15(21)22)20-7-8-27-17(20)24/h5-6,9-10H,7-8H2,1-4H3. The molecule has 0 N–H and O–H groups in total. The zero-order chi connectivity index (χ0) is 20.6. The number of fused-ring (bicyclic) bond motifs is 1. The minimum Gasteiger partial charge on any atom is -0.464 e. The van der Waals surface area contributed by atoms with Crippen LogP contribution in [0.25, 0.3) is 10.8 Å². The predicted octanol–water partition coefficient (Wildman–Crippen LogP) is 2.53. The summed E-state index contributed by atoms with van der Waals surface area (Å²) in [5.41, 5.74) is -1.42. The number of rotatable bonds is 2. The zero-order valence-electron chi connectivity index (χ0n) is 16.0. The molecule has 1 fully saturated rings. The van der Waals surface area contributed by atoms with Crippen molar-refractivity contribution in [1.82, 2.24) is 4.57 Å². The molecule has 2 aromatic rings. The van der Waals surface area contributed by atoms with Gasteiger partial charge >= 0.3 is 18.2 Å². The second kappa shape index (κ2) is 6.99. The van der Waals surface area contributed by atoms with E-state index < -0.39 is 29.3 Å². The summed E-state index contributed by atoms with van der Waals surface area (Å²) in [5, 5.41) is 0.567. The summed E-state index contributed by atoms with van der Waals surface area (Å²) >= 11 is 0. The first-order valence-corrected chi connectivity index (χ1v) is 8.58. The van der Waals surface area contributed by atoms with Crippen molar-refractivity contribution in [3.8, 4) is 0 Å². The van der Waals surface area contributed by atoms with Crippen molar-refractivity contribution >= 4 is 34.6 Å². The Morgan fingerprint density at radius 2 is 1.86 bits per heavy atom. The third kappa shape index (κ3) is 3.55. The van der Waals surface area contributed by atoms with Crippen molar-refractivity contribution in [3.63, 3.8) is 0 Å². The van der Waals surface area contributed by atoms with Gasteiger partial charge in [0.15, 0.2) is 0 Å². The van der Waals surface area contributed by atoms with Crippen LogP contribution in [-0.4, -0.2) is 48.6 Å². The Labute approximate surface area is 160 Å². The molecule has 0 saturated carbocycles. The fourth-order valence-corrected chi connectivity index (χ4v) is 2.84. The largest absolute Gasteiger partial charge is 0.464 e. The molecule has 1 aliphatic heterocycles. The molecule has 0 unspecified atom stereocenters. The van der Waals surface area contributed by atoms with Crippen molar-refractivity contribution < 1.29 is 28.6 Å². The fourth-order valence-electron chi connectivity index (χ4n) is 2.84. The minimum absolute atomic E-state index is 0.149. The summed E-state index contributed by atoms with van der Waals surface area (Å²) in [6.45, 7) is 5.54. The van der Waals surface area contributed by atoms with Gasteiger partial charge in [-0.25, -0.2) is 19.0 Å². The Kier molecular flexibility index (Phi) is 4.84. The Morgan fingerprint density at radius 1 is 1.14 bits per heavy atom. The molecule has 0 atom stereocenters. The van der Waals surface area contributed by atoms with Gasteiger partial charge in [0.05, 0.1) is 13.7 Å². The van der Waals surface area contributed by atoms with Crippen LogP contribution in [0.15, 0.2) is 29.1 Å². The summed E-state index contributed by atoms with van der Waals surface area (Å²) in [6.07, 6.45) is -1.51. The van der Waals surface area contributed by atoms with Gasteiger partial charge in [-0.05, 0) is 44.4 Å². The van der Waals surface area contributed by atoms with E-state index in [2.05, 4.69) is 0 Å². The van der Waals surface area contributed by atoms with Crippen molar-refractivity contribution in [3.05, 3.63) is 40.3 Å². The number of cyclic esters (lactones) is 1. The minimum atomic E-state index is -0.995. The Hall–Kier alpha value is -3.36. The summed E-state index contributed by atoms with van der Waals surface area (Å²) in [6, 6.07) is 6.07. The molecule has 148 valence electrons. The number of pyridine rings is 1. The highest BCUT2D eigenvalue weighted by Gasteiger charge is 2.27. The molecule has 0 aliphatic carbocycles. The molecule has 9 nitrogen and oxygen atoms in total. The number of amides is 1. The molecule has 3 rings (SSSR count). The van der Waals surface area contributed by atoms with Gasteiger partial charge in [0.25, 0.3) is 5.56 Å². The van der Waals surface area contributed by atoms with Crippen molar-refractivity contribution in [2.75, 3.05) is 25.2 Å². The van der Waals surface area contributed by atoms with E-state index in [1.54, 1.807) is 32.9 Å². The lowest BCUT2D eigenvalue weighted by atomic mass is 10.1. The van der Waals surface area contributed by atoms with Crippen molar-refractivity contribution in [2.45, 2.75) is 26.4 Å². The number of anilines is 1. The zero-order valence-corrected chi connectivity index (χ0v) is 16.0. The second-order valence-electron chi connectivity index (χ2n) is 7.18. The number of hydrogen-bond acceptors (Lipinski definition) is 7. The maximum Gasteiger partial charge on any atom is 0.422 e. The van der Waals surface area contributed by atoms with E-state index in [1.807, 2.05) is 0 Å². The number of carbonyl (C=O) groups is 3. The van der Waals surface area contributed by atoms with E-state index in [9.17, 15) is 19.2 Å². The van der Waals surface area contributed by atoms with Gasteiger partial charge in [-0.1, -0.05) is 6.07 Å². The van der Waals surface area contributed by atoms with E-state index >= 15 is 0 Å². The van der Waals surface area contributed by atoms with E-state index in [0.29, 0.717) is 22.2 Å². The monoisotopic (exact) mass is 388 g/mol. The number of methoxy groups -OCH3 is 1. The summed E-state index contributed by atoms with van der Waals surface area (Å²) in [4.78, 5) is 51.0. The van der Waals surface area contributed by atoms with Gasteiger partial charge in [-0.15, -0.1) is 0 Å². The van der Waals surface area contributed by atoms with Gasteiger partial charge in [0, 0.05) is 11.1 Å². The SMILES string of the molecule is COC(=O)c1cc2ccc(N3CCOC3=O)cc2c(=O)n1C(=O)OC(C)(C)C. The Morgan fingerprint density at radius 3 is 2.43 bits per heavy atom. The molecular weight excluding hydrogens is 368 g/mol. The summed E-state index contributed by atoms with van der Waals surface area (Å²) in [5.74, 6) is -0.850. The molecule has 1 aromatic heterocycles. The summed E-state index contributed by atoms with van der Waals surface area (Å²) < 4.78 is 15.5. The molecule has 28 heavy (non-hydrogen) atoms. The highest BCUT2D eigenvalue weighted by molar-refractivity contribution is 5.99. The quantitative estimate of drug-likeness (QED) is 0.575. The number of hydrogen-bond donors (Lipinski definition) is 0. The number of ether oxygens (including phenoxy) is 3. The number of esters is 1. The van der Waals surface area contributed by atoms with E-state index in [-0.39, 0.29) is 17.7 Å². The first kappa shape index (κ1) is 19.4. The van der Waals surface area contributed by atoms with Crippen LogP contribution in [0, 0.1) is 0 Å². The number of benzene rings is 1. The van der Waals surface area contributed by atoms with E-state index in [4.69, 9.17) is 14.2 Å². The number of aromatic nitrogens is 1. The van der Waals surface area contributed by atoms with Crippen LogP contribution in [0.2, 0.25) is 0 Å². The smallest absolute Gasteiger partial charge is 0.422 e. The first-order chi connectivity index (χ1) is 13.1. The van der Waals surface area contributed by atoms with E-state index in [1.165, 1.54) is 17.0 Å². The van der Waals surface area contributed by atoms with Crippen LogP contribution in [0.1, 0.15) is 31.3 Å². The van der Waals surface area contributed by atoms with Gasteiger partial charge in [-0.3, -0.25) is 9.69 Å². The third-order valence-electron chi connectivity index (χ3n) is 4.05. The van der Waals surface area contributed by atoms with Gasteiger partial charge < -0.3 is 14.2 Å². The molecule has 0 bridgehead atoms. The summed E-state index contributed by atoms with van der Waals surface area (Å²) in [7, 11) is 1.15. The topological polar surface area (TPSA) is 104 Å². The van der Waals surface area contributed by atoms with Crippen LogP contribution in [-0.2, 0) is 14.2 Å².